The standard InChI is InChI=1S/C16H23NO5/c1-10(9-18)11-7-13(20-5)14(21-6)8-12(11)17-15(19)22-16(2,3)4/h7-10H,1-6H3,(H,17,19). The van der Waals surface area contributed by atoms with Gasteiger partial charge in [-0.1, -0.05) is 6.92 Å². The molecule has 1 aromatic rings. The Hall–Kier alpha value is -2.24. The predicted molar refractivity (Wildman–Crippen MR) is 83.9 cm³/mol. The average molecular weight is 309 g/mol. The summed E-state index contributed by atoms with van der Waals surface area (Å²) < 4.78 is 15.7. The molecule has 0 aliphatic heterocycles. The molecule has 1 rings (SSSR count). The van der Waals surface area contributed by atoms with Crippen LogP contribution in [0.15, 0.2) is 12.1 Å². The Balaban J connectivity index is 3.20. The summed E-state index contributed by atoms with van der Waals surface area (Å²) in [7, 11) is 3.01. The van der Waals surface area contributed by atoms with Crippen molar-refractivity contribution in [3.05, 3.63) is 17.7 Å². The fourth-order valence-corrected chi connectivity index (χ4v) is 1.87. The molecule has 0 fully saturated rings. The number of aldehydes is 1. The number of rotatable bonds is 5. The Kier molecular flexibility index (Phi) is 5.79. The molecule has 1 unspecified atom stereocenters. The van der Waals surface area contributed by atoms with E-state index in [4.69, 9.17) is 14.2 Å². The van der Waals surface area contributed by atoms with Crippen LogP contribution in [0.25, 0.3) is 0 Å². The number of hydrogen-bond acceptors (Lipinski definition) is 5. The van der Waals surface area contributed by atoms with Gasteiger partial charge in [0.1, 0.15) is 11.9 Å². The van der Waals surface area contributed by atoms with Crippen LogP contribution in [0.3, 0.4) is 0 Å². The molecule has 22 heavy (non-hydrogen) atoms. The van der Waals surface area contributed by atoms with Crippen molar-refractivity contribution >= 4 is 18.1 Å². The summed E-state index contributed by atoms with van der Waals surface area (Å²) in [5, 5.41) is 2.65. The third-order valence-electron chi connectivity index (χ3n) is 2.89. The van der Waals surface area contributed by atoms with Gasteiger partial charge in [-0.05, 0) is 32.4 Å². The first-order valence-electron chi connectivity index (χ1n) is 6.93. The van der Waals surface area contributed by atoms with Gasteiger partial charge in [0.05, 0.1) is 19.9 Å². The van der Waals surface area contributed by atoms with Crippen molar-refractivity contribution in [3.63, 3.8) is 0 Å². The average Bonchev–Trinajstić information content (AvgIpc) is 2.43. The third-order valence-corrected chi connectivity index (χ3v) is 2.89. The highest BCUT2D eigenvalue weighted by molar-refractivity contribution is 5.88. The lowest BCUT2D eigenvalue weighted by molar-refractivity contribution is -0.108. The number of hydrogen-bond donors (Lipinski definition) is 1. The van der Waals surface area contributed by atoms with Crippen LogP contribution in [-0.2, 0) is 9.53 Å². The van der Waals surface area contributed by atoms with Crippen molar-refractivity contribution in [1.29, 1.82) is 0 Å². The number of benzene rings is 1. The van der Waals surface area contributed by atoms with Crippen molar-refractivity contribution < 1.29 is 23.8 Å². The van der Waals surface area contributed by atoms with E-state index in [1.165, 1.54) is 14.2 Å². The lowest BCUT2D eigenvalue weighted by Gasteiger charge is -2.21. The molecule has 122 valence electrons. The first kappa shape index (κ1) is 17.8. The van der Waals surface area contributed by atoms with Gasteiger partial charge in [-0.2, -0.15) is 0 Å². The van der Waals surface area contributed by atoms with Crippen LogP contribution in [0.1, 0.15) is 39.2 Å². The van der Waals surface area contributed by atoms with E-state index in [-0.39, 0.29) is 0 Å². The molecule has 6 heteroatoms. The second kappa shape index (κ2) is 7.15. The molecular weight excluding hydrogens is 286 g/mol. The molecule has 0 radical (unpaired) electrons. The summed E-state index contributed by atoms with van der Waals surface area (Å²) in [6, 6.07) is 3.28. The van der Waals surface area contributed by atoms with Crippen molar-refractivity contribution in [2.75, 3.05) is 19.5 Å². The molecule has 6 nitrogen and oxygen atoms in total. The van der Waals surface area contributed by atoms with Crippen LogP contribution >= 0.6 is 0 Å². The molecule has 0 bridgehead atoms. The highest BCUT2D eigenvalue weighted by atomic mass is 16.6. The van der Waals surface area contributed by atoms with Gasteiger partial charge in [0.25, 0.3) is 0 Å². The lowest BCUT2D eigenvalue weighted by Crippen LogP contribution is -2.27. The molecule has 1 atom stereocenters. The molecule has 0 aliphatic rings. The zero-order chi connectivity index (χ0) is 16.9. The topological polar surface area (TPSA) is 73.9 Å². The fraction of sp³-hybridized carbons (Fsp3) is 0.500. The summed E-state index contributed by atoms with van der Waals surface area (Å²) in [6.07, 6.45) is 0.195. The van der Waals surface area contributed by atoms with Crippen LogP contribution in [0.2, 0.25) is 0 Å². The monoisotopic (exact) mass is 309 g/mol. The Morgan fingerprint density at radius 3 is 2.18 bits per heavy atom. The fourth-order valence-electron chi connectivity index (χ4n) is 1.87. The van der Waals surface area contributed by atoms with Crippen LogP contribution in [0.4, 0.5) is 10.5 Å². The number of anilines is 1. The molecule has 0 spiro atoms. The van der Waals surface area contributed by atoms with Gasteiger partial charge in [0, 0.05) is 12.0 Å². The maximum Gasteiger partial charge on any atom is 0.412 e. The molecule has 1 amide bonds. The van der Waals surface area contributed by atoms with Gasteiger partial charge in [0.2, 0.25) is 0 Å². The summed E-state index contributed by atoms with van der Waals surface area (Å²) in [5.74, 6) is 0.529. The smallest absolute Gasteiger partial charge is 0.412 e. The second-order valence-electron chi connectivity index (χ2n) is 5.85. The number of nitrogens with one attached hydrogen (secondary N) is 1. The molecule has 0 aromatic heterocycles. The highest BCUT2D eigenvalue weighted by Crippen LogP contribution is 2.36. The zero-order valence-corrected chi connectivity index (χ0v) is 13.9. The van der Waals surface area contributed by atoms with Crippen LogP contribution < -0.4 is 14.8 Å². The van der Waals surface area contributed by atoms with Crippen LogP contribution in [0.5, 0.6) is 11.5 Å². The minimum absolute atomic E-state index is 0.412. The van der Waals surface area contributed by atoms with E-state index in [0.717, 1.165) is 6.29 Å². The summed E-state index contributed by atoms with van der Waals surface area (Å²) >= 11 is 0. The minimum atomic E-state index is -0.614. The molecule has 0 saturated carbocycles. The van der Waals surface area contributed by atoms with E-state index in [1.54, 1.807) is 39.8 Å². The van der Waals surface area contributed by atoms with Gasteiger partial charge in [-0.3, -0.25) is 5.32 Å². The molecule has 1 N–H and O–H groups in total. The van der Waals surface area contributed by atoms with E-state index < -0.39 is 17.6 Å². The van der Waals surface area contributed by atoms with Gasteiger partial charge in [0.15, 0.2) is 11.5 Å². The van der Waals surface area contributed by atoms with E-state index in [9.17, 15) is 9.59 Å². The maximum absolute atomic E-state index is 12.0. The highest BCUT2D eigenvalue weighted by Gasteiger charge is 2.20. The number of amides is 1. The summed E-state index contributed by atoms with van der Waals surface area (Å²) in [6.45, 7) is 7.05. The van der Waals surface area contributed by atoms with Gasteiger partial charge >= 0.3 is 6.09 Å². The van der Waals surface area contributed by atoms with Crippen molar-refractivity contribution in [1.82, 2.24) is 0 Å². The Morgan fingerprint density at radius 2 is 1.73 bits per heavy atom. The Morgan fingerprint density at radius 1 is 1.18 bits per heavy atom. The Bertz CT molecular complexity index is 548. The van der Waals surface area contributed by atoms with Crippen molar-refractivity contribution in [2.24, 2.45) is 0 Å². The number of carbonyl (C=O) groups is 2. The zero-order valence-electron chi connectivity index (χ0n) is 13.9. The molecular formula is C16H23NO5. The number of ether oxygens (including phenoxy) is 3. The van der Waals surface area contributed by atoms with Gasteiger partial charge in [-0.15, -0.1) is 0 Å². The summed E-state index contributed by atoms with van der Waals surface area (Å²) in [5.41, 5.74) is 0.460. The first-order valence-corrected chi connectivity index (χ1v) is 6.93. The third kappa shape index (κ3) is 4.65. The van der Waals surface area contributed by atoms with E-state index in [2.05, 4.69) is 5.32 Å². The van der Waals surface area contributed by atoms with E-state index in [0.29, 0.717) is 22.7 Å². The predicted octanol–water partition coefficient (Wildman–Crippen LogP) is 3.35. The summed E-state index contributed by atoms with van der Waals surface area (Å²) in [4.78, 5) is 23.1. The minimum Gasteiger partial charge on any atom is -0.493 e. The second-order valence-corrected chi connectivity index (χ2v) is 5.85. The van der Waals surface area contributed by atoms with Gasteiger partial charge < -0.3 is 19.0 Å². The van der Waals surface area contributed by atoms with E-state index in [1.807, 2.05) is 0 Å². The van der Waals surface area contributed by atoms with Gasteiger partial charge in [-0.25, -0.2) is 4.79 Å². The normalized spacial score (nSPS) is 12.3. The molecule has 0 aliphatic carbocycles. The molecule has 0 saturated heterocycles. The maximum atomic E-state index is 12.0. The van der Waals surface area contributed by atoms with E-state index >= 15 is 0 Å². The van der Waals surface area contributed by atoms with Crippen LogP contribution in [-0.4, -0.2) is 32.2 Å². The van der Waals surface area contributed by atoms with Crippen molar-refractivity contribution in [3.8, 4) is 11.5 Å². The van der Waals surface area contributed by atoms with Crippen LogP contribution in [0, 0.1) is 0 Å². The Labute approximate surface area is 130 Å². The number of methoxy groups -OCH3 is 2. The largest absolute Gasteiger partial charge is 0.493 e. The molecule has 0 heterocycles. The van der Waals surface area contributed by atoms with Crippen molar-refractivity contribution in [2.45, 2.75) is 39.2 Å². The molecule has 1 aromatic carbocycles. The number of carbonyl (C=O) groups excluding carboxylic acids is 2. The SMILES string of the molecule is COc1cc(NC(=O)OC(C)(C)C)c(C(C)C=O)cc1OC. The first-order chi connectivity index (χ1) is 10.2. The quantitative estimate of drug-likeness (QED) is 0.844. The lowest BCUT2D eigenvalue weighted by atomic mass is 9.99.